The lowest BCUT2D eigenvalue weighted by atomic mass is 9.93. The maximum atomic E-state index is 8.85. The van der Waals surface area contributed by atoms with E-state index in [0.717, 1.165) is 24.5 Å². The molecule has 1 aliphatic rings. The maximum absolute atomic E-state index is 8.85. The van der Waals surface area contributed by atoms with Gasteiger partial charge in [-0.3, -0.25) is 0 Å². The van der Waals surface area contributed by atoms with E-state index in [-0.39, 0.29) is 0 Å². The van der Waals surface area contributed by atoms with Gasteiger partial charge in [0.25, 0.3) is 0 Å². The molecule has 18 heavy (non-hydrogen) atoms. The van der Waals surface area contributed by atoms with Crippen molar-refractivity contribution in [3.63, 3.8) is 0 Å². The van der Waals surface area contributed by atoms with Crippen LogP contribution in [0.1, 0.15) is 24.1 Å². The Bertz CT molecular complexity index is 479. The Morgan fingerprint density at radius 1 is 1.33 bits per heavy atom. The van der Waals surface area contributed by atoms with Crippen LogP contribution in [-0.4, -0.2) is 27.3 Å². The molecular weight excluding hydrogens is 228 g/mol. The third-order valence-electron chi connectivity index (χ3n) is 3.75. The number of hydrogen-bond donors (Lipinski definition) is 1. The molecule has 0 radical (unpaired) electrons. The second-order valence-corrected chi connectivity index (χ2v) is 4.62. The summed E-state index contributed by atoms with van der Waals surface area (Å²) in [6, 6.07) is 6.70. The van der Waals surface area contributed by atoms with Crippen LogP contribution in [0.4, 0.5) is 0 Å². The smallest absolute Gasteiger partial charge is 0.165 e. The summed E-state index contributed by atoms with van der Waals surface area (Å²) in [5, 5.41) is 8.85. The average molecular weight is 247 g/mol. The number of benzene rings is 1. The van der Waals surface area contributed by atoms with Gasteiger partial charge in [0.15, 0.2) is 18.0 Å². The summed E-state index contributed by atoms with van der Waals surface area (Å²) in [7, 11) is 3.31. The van der Waals surface area contributed by atoms with Crippen LogP contribution < -0.4 is 14.4 Å². The average Bonchev–Trinajstić information content (AvgIpc) is 2.41. The molecule has 0 bridgehead atoms. The number of fused-ring (bicyclic) bond motifs is 1. The van der Waals surface area contributed by atoms with Crippen molar-refractivity contribution in [3.8, 4) is 17.6 Å². The fourth-order valence-corrected chi connectivity index (χ4v) is 2.63. The number of nitrogens with zero attached hydrogens (tertiary/aromatic N) is 1. The summed E-state index contributed by atoms with van der Waals surface area (Å²) in [6.45, 7) is 3.71. The Morgan fingerprint density at radius 3 is 2.61 bits per heavy atom. The molecule has 96 valence electrons. The van der Waals surface area contributed by atoms with Crippen LogP contribution in [0.3, 0.4) is 0 Å². The van der Waals surface area contributed by atoms with Gasteiger partial charge >= 0.3 is 0 Å². The number of ether oxygens (including phenoxy) is 2. The van der Waals surface area contributed by atoms with Gasteiger partial charge in [-0.05, 0) is 24.6 Å². The molecule has 1 aromatic carbocycles. The molecule has 1 heterocycles. The molecule has 0 aliphatic carbocycles. The Hall–Kier alpha value is -1.73. The van der Waals surface area contributed by atoms with Crippen molar-refractivity contribution >= 4 is 0 Å². The minimum absolute atomic E-state index is 0.327. The first-order valence-electron chi connectivity index (χ1n) is 6.17. The van der Waals surface area contributed by atoms with Gasteiger partial charge in [0.1, 0.15) is 12.1 Å². The zero-order chi connectivity index (χ0) is 13.1. The predicted octanol–water partition coefficient (Wildman–Crippen LogP) is 0.729. The van der Waals surface area contributed by atoms with Crippen LogP contribution in [0.5, 0.6) is 11.5 Å². The van der Waals surface area contributed by atoms with E-state index in [0.29, 0.717) is 12.6 Å². The SMILES string of the molecule is COc1cc2c(cc1OC)[C@H](C)[NH+](CC#N)CC2. The molecule has 1 N–H and O–H groups in total. The molecule has 0 fully saturated rings. The number of rotatable bonds is 3. The fraction of sp³-hybridized carbons (Fsp3) is 0.500. The highest BCUT2D eigenvalue weighted by molar-refractivity contribution is 5.48. The van der Waals surface area contributed by atoms with Gasteiger partial charge < -0.3 is 14.4 Å². The minimum Gasteiger partial charge on any atom is -0.493 e. The molecule has 0 aromatic heterocycles. The Kier molecular flexibility index (Phi) is 3.73. The summed E-state index contributed by atoms with van der Waals surface area (Å²) >= 11 is 0. The van der Waals surface area contributed by atoms with Crippen LogP contribution in [0.2, 0.25) is 0 Å². The maximum Gasteiger partial charge on any atom is 0.165 e. The Labute approximate surface area is 108 Å². The molecule has 1 unspecified atom stereocenters. The van der Waals surface area contributed by atoms with Crippen molar-refractivity contribution in [2.24, 2.45) is 0 Å². The molecule has 0 amide bonds. The van der Waals surface area contributed by atoms with E-state index in [1.807, 2.05) is 0 Å². The normalized spacial score (nSPS) is 21.9. The molecule has 2 atom stereocenters. The Balaban J connectivity index is 2.39. The van der Waals surface area contributed by atoms with Gasteiger partial charge in [0.2, 0.25) is 0 Å². The predicted molar refractivity (Wildman–Crippen MR) is 68.0 cm³/mol. The lowest BCUT2D eigenvalue weighted by molar-refractivity contribution is -0.925. The van der Waals surface area contributed by atoms with Crippen LogP contribution in [0.25, 0.3) is 0 Å². The van der Waals surface area contributed by atoms with Crippen molar-refractivity contribution in [2.75, 3.05) is 27.3 Å². The van der Waals surface area contributed by atoms with Crippen molar-refractivity contribution in [1.82, 2.24) is 0 Å². The van der Waals surface area contributed by atoms with Gasteiger partial charge in [0.05, 0.1) is 20.8 Å². The van der Waals surface area contributed by atoms with Gasteiger partial charge in [-0.25, -0.2) is 0 Å². The number of hydrogen-bond acceptors (Lipinski definition) is 3. The molecule has 1 aliphatic heterocycles. The van der Waals surface area contributed by atoms with Gasteiger partial charge in [0, 0.05) is 12.0 Å². The Morgan fingerprint density at radius 2 is 2.00 bits per heavy atom. The van der Waals surface area contributed by atoms with E-state index in [1.165, 1.54) is 16.0 Å². The lowest BCUT2D eigenvalue weighted by Gasteiger charge is -2.31. The molecule has 0 saturated carbocycles. The molecule has 4 nitrogen and oxygen atoms in total. The number of nitrogens with one attached hydrogen (secondary N) is 1. The third-order valence-corrected chi connectivity index (χ3v) is 3.75. The minimum atomic E-state index is 0.327. The highest BCUT2D eigenvalue weighted by Crippen LogP contribution is 2.33. The first kappa shape index (κ1) is 12.7. The van der Waals surface area contributed by atoms with Crippen LogP contribution in [0, 0.1) is 11.3 Å². The largest absolute Gasteiger partial charge is 0.493 e. The number of quaternary nitrogens is 1. The van der Waals surface area contributed by atoms with Gasteiger partial charge in [-0.15, -0.1) is 0 Å². The van der Waals surface area contributed by atoms with Gasteiger partial charge in [-0.1, -0.05) is 0 Å². The van der Waals surface area contributed by atoms with Crippen molar-refractivity contribution in [2.45, 2.75) is 19.4 Å². The highest BCUT2D eigenvalue weighted by atomic mass is 16.5. The summed E-state index contributed by atoms with van der Waals surface area (Å²) in [6.07, 6.45) is 0.983. The lowest BCUT2D eigenvalue weighted by Crippen LogP contribution is -3.12. The van der Waals surface area contributed by atoms with Crippen LogP contribution in [-0.2, 0) is 6.42 Å². The van der Waals surface area contributed by atoms with Crippen molar-refractivity contribution < 1.29 is 14.4 Å². The first-order chi connectivity index (χ1) is 8.71. The number of methoxy groups -OCH3 is 2. The molecule has 0 spiro atoms. The zero-order valence-corrected chi connectivity index (χ0v) is 11.1. The molecule has 2 rings (SSSR count). The van der Waals surface area contributed by atoms with Crippen LogP contribution >= 0.6 is 0 Å². The van der Waals surface area contributed by atoms with Crippen molar-refractivity contribution in [3.05, 3.63) is 23.3 Å². The molecule has 0 saturated heterocycles. The third kappa shape index (κ3) is 2.14. The highest BCUT2D eigenvalue weighted by Gasteiger charge is 2.28. The summed E-state index contributed by atoms with van der Waals surface area (Å²) in [5.74, 6) is 1.55. The summed E-state index contributed by atoms with van der Waals surface area (Å²) in [5.41, 5.74) is 2.57. The van der Waals surface area contributed by atoms with E-state index >= 15 is 0 Å². The fourth-order valence-electron chi connectivity index (χ4n) is 2.63. The zero-order valence-electron chi connectivity index (χ0n) is 11.1. The molecule has 4 heteroatoms. The summed E-state index contributed by atoms with van der Waals surface area (Å²) in [4.78, 5) is 1.32. The quantitative estimate of drug-likeness (QED) is 0.801. The second kappa shape index (κ2) is 5.28. The molecule has 1 aromatic rings. The van der Waals surface area contributed by atoms with E-state index in [9.17, 15) is 0 Å². The number of nitriles is 1. The standard InChI is InChI=1S/C14H18N2O2/c1-10-12-9-14(18-3)13(17-2)8-11(12)4-6-16(10)7-5-15/h8-10H,4,6-7H2,1-3H3/p+1/t10-/m0/s1. The van der Waals surface area contributed by atoms with E-state index < -0.39 is 0 Å². The second-order valence-electron chi connectivity index (χ2n) is 4.62. The van der Waals surface area contributed by atoms with E-state index in [4.69, 9.17) is 14.7 Å². The molecular formula is C14H19N2O2+. The topological polar surface area (TPSA) is 46.7 Å². The van der Waals surface area contributed by atoms with E-state index in [2.05, 4.69) is 25.1 Å². The van der Waals surface area contributed by atoms with E-state index in [1.54, 1.807) is 14.2 Å². The first-order valence-corrected chi connectivity index (χ1v) is 6.17. The monoisotopic (exact) mass is 247 g/mol. The van der Waals surface area contributed by atoms with Crippen molar-refractivity contribution in [1.29, 1.82) is 5.26 Å². The summed E-state index contributed by atoms with van der Waals surface area (Å²) < 4.78 is 10.7. The van der Waals surface area contributed by atoms with Crippen LogP contribution in [0.15, 0.2) is 12.1 Å². The van der Waals surface area contributed by atoms with Gasteiger partial charge in [-0.2, -0.15) is 5.26 Å².